The Kier molecular flexibility index (Phi) is 8.17. The maximum Gasteiger partial charge on any atom is 0.352 e. The zero-order valence-electron chi connectivity index (χ0n) is 23.6. The fourth-order valence-electron chi connectivity index (χ4n) is 5.31. The van der Waals surface area contributed by atoms with Crippen molar-refractivity contribution in [2.75, 3.05) is 30.5 Å². The van der Waals surface area contributed by atoms with E-state index >= 15 is 0 Å². The SMILES string of the molecule is CC(=O)OCC1=C(C(=O)O)N2C(=O)C(NC(=O)C(NC(=O)N3CCN(n4c(C)ccc4C)C3=O)c3ccccc3)[C@@H]2SC1. The van der Waals surface area contributed by atoms with E-state index in [0.29, 0.717) is 5.56 Å². The number of esters is 1. The highest BCUT2D eigenvalue weighted by molar-refractivity contribution is 8.00. The van der Waals surface area contributed by atoms with Crippen molar-refractivity contribution in [1.82, 2.24) is 25.1 Å². The number of thioether (sulfide) groups is 1. The van der Waals surface area contributed by atoms with Crippen molar-refractivity contribution in [3.8, 4) is 0 Å². The molecular formula is C28H30N6O8S. The Morgan fingerprint density at radius 1 is 1.05 bits per heavy atom. The lowest BCUT2D eigenvalue weighted by molar-refractivity contribution is -0.151. The average Bonchev–Trinajstić information content (AvgIpc) is 3.52. The van der Waals surface area contributed by atoms with Crippen LogP contribution in [0, 0.1) is 13.8 Å². The molecule has 0 aliphatic carbocycles. The van der Waals surface area contributed by atoms with Gasteiger partial charge in [-0.1, -0.05) is 30.3 Å². The van der Waals surface area contributed by atoms with Gasteiger partial charge in [0.05, 0.1) is 13.1 Å². The number of carboxylic acid groups (broad SMARTS) is 1. The van der Waals surface area contributed by atoms with Gasteiger partial charge in [-0.25, -0.2) is 24.3 Å². The lowest BCUT2D eigenvalue weighted by atomic mass is 10.0. The third-order valence-corrected chi connectivity index (χ3v) is 8.71. The Hall–Kier alpha value is -4.79. The molecule has 0 radical (unpaired) electrons. The standard InChI is InChI=1S/C28H30N6O8S/c1-15-9-10-16(2)34(15)32-12-11-31(28(32)41)27(40)30-20(18-7-5-4-6-8-18)23(36)29-21-24(37)33-22(26(38)39)19(13-42-17(3)35)14-43-25(21)33/h4-10,20-21,25H,11-14H2,1-3H3,(H,29,36)(H,30,40)(H,38,39)/t20?,21?,25-/m0/s1. The molecule has 0 saturated carbocycles. The first-order valence-electron chi connectivity index (χ1n) is 13.4. The maximum atomic E-state index is 13.6. The van der Waals surface area contributed by atoms with Crippen LogP contribution >= 0.6 is 11.8 Å². The van der Waals surface area contributed by atoms with E-state index < -0.39 is 53.3 Å². The van der Waals surface area contributed by atoms with Crippen LogP contribution in [0.3, 0.4) is 0 Å². The van der Waals surface area contributed by atoms with Crippen molar-refractivity contribution in [3.63, 3.8) is 0 Å². The van der Waals surface area contributed by atoms with E-state index in [1.165, 1.54) is 23.7 Å². The number of ether oxygens (including phenoxy) is 1. The summed E-state index contributed by atoms with van der Waals surface area (Å²) in [5.74, 6) is -3.12. The number of aliphatic carboxylic acids is 1. The highest BCUT2D eigenvalue weighted by Crippen LogP contribution is 2.40. The molecule has 2 aromatic rings. The second-order valence-electron chi connectivity index (χ2n) is 10.2. The van der Waals surface area contributed by atoms with E-state index in [-0.39, 0.29) is 36.7 Å². The molecule has 3 N–H and O–H groups in total. The Morgan fingerprint density at radius 3 is 2.35 bits per heavy atom. The second kappa shape index (κ2) is 11.8. The van der Waals surface area contributed by atoms with Gasteiger partial charge >= 0.3 is 24.0 Å². The number of nitrogens with zero attached hydrogens (tertiary/aromatic N) is 4. The molecule has 4 heterocycles. The van der Waals surface area contributed by atoms with Crippen LogP contribution in [-0.4, -0.2) is 92.3 Å². The molecule has 3 aliphatic heterocycles. The van der Waals surface area contributed by atoms with Crippen LogP contribution < -0.4 is 15.6 Å². The number of carboxylic acids is 1. The van der Waals surface area contributed by atoms with E-state index in [1.807, 2.05) is 26.0 Å². The molecule has 43 heavy (non-hydrogen) atoms. The fraction of sp³-hybridized carbons (Fsp3) is 0.357. The Labute approximate surface area is 250 Å². The smallest absolute Gasteiger partial charge is 0.352 e. The van der Waals surface area contributed by atoms with E-state index in [0.717, 1.165) is 21.2 Å². The summed E-state index contributed by atoms with van der Waals surface area (Å²) in [6.45, 7) is 4.98. The number of aromatic nitrogens is 1. The predicted molar refractivity (Wildman–Crippen MR) is 153 cm³/mol. The van der Waals surface area contributed by atoms with E-state index in [1.54, 1.807) is 35.0 Å². The third-order valence-electron chi connectivity index (χ3n) is 7.37. The molecule has 0 spiro atoms. The molecule has 5 rings (SSSR count). The molecule has 226 valence electrons. The first kappa shape index (κ1) is 29.7. The fourth-order valence-corrected chi connectivity index (χ4v) is 6.63. The van der Waals surface area contributed by atoms with Gasteiger partial charge in [-0.2, -0.15) is 0 Å². The molecular weight excluding hydrogens is 580 g/mol. The molecule has 14 nitrogen and oxygen atoms in total. The topological polar surface area (TPSA) is 171 Å². The first-order valence-corrected chi connectivity index (χ1v) is 14.5. The van der Waals surface area contributed by atoms with Gasteiger partial charge in [0, 0.05) is 29.6 Å². The second-order valence-corrected chi connectivity index (χ2v) is 11.3. The number of β-lactam (4-membered cyclic amide) rings is 1. The summed E-state index contributed by atoms with van der Waals surface area (Å²) in [6.07, 6.45) is 0. The van der Waals surface area contributed by atoms with Crippen molar-refractivity contribution in [3.05, 3.63) is 70.7 Å². The number of amides is 6. The van der Waals surface area contributed by atoms with Crippen LogP contribution in [0.2, 0.25) is 0 Å². The van der Waals surface area contributed by atoms with Gasteiger partial charge in [0.1, 0.15) is 29.8 Å². The number of imide groups is 1. The van der Waals surface area contributed by atoms with Crippen LogP contribution in [-0.2, 0) is 23.9 Å². The van der Waals surface area contributed by atoms with Gasteiger partial charge in [-0.15, -0.1) is 11.8 Å². The number of carbonyl (C=O) groups excluding carboxylic acids is 5. The monoisotopic (exact) mass is 610 g/mol. The Bertz CT molecular complexity index is 1520. The number of rotatable bonds is 8. The number of carbonyl (C=O) groups is 6. The number of aryl methyl sites for hydroxylation is 2. The van der Waals surface area contributed by atoms with Crippen molar-refractivity contribution in [2.45, 2.75) is 38.2 Å². The zero-order chi connectivity index (χ0) is 31.0. The van der Waals surface area contributed by atoms with Gasteiger partial charge in [-0.3, -0.25) is 24.0 Å². The van der Waals surface area contributed by atoms with Gasteiger partial charge in [-0.05, 0) is 31.5 Å². The van der Waals surface area contributed by atoms with Crippen LogP contribution in [0.5, 0.6) is 0 Å². The minimum atomic E-state index is -1.35. The minimum Gasteiger partial charge on any atom is -0.477 e. The van der Waals surface area contributed by atoms with Crippen molar-refractivity contribution < 1.29 is 38.6 Å². The Balaban J connectivity index is 1.31. The molecule has 1 aromatic carbocycles. The van der Waals surface area contributed by atoms with Crippen LogP contribution in [0.15, 0.2) is 53.7 Å². The largest absolute Gasteiger partial charge is 0.477 e. The Morgan fingerprint density at radius 2 is 1.72 bits per heavy atom. The molecule has 2 fully saturated rings. The number of nitrogens with one attached hydrogen (secondary N) is 2. The molecule has 3 atom stereocenters. The summed E-state index contributed by atoms with van der Waals surface area (Å²) in [5.41, 5.74) is 2.07. The summed E-state index contributed by atoms with van der Waals surface area (Å²) >= 11 is 1.22. The lowest BCUT2D eigenvalue weighted by Crippen LogP contribution is -2.71. The number of urea groups is 2. The first-order chi connectivity index (χ1) is 20.5. The van der Waals surface area contributed by atoms with Crippen molar-refractivity contribution >= 4 is 47.6 Å². The summed E-state index contributed by atoms with van der Waals surface area (Å²) in [5, 5.41) is 15.8. The third kappa shape index (κ3) is 5.55. The van der Waals surface area contributed by atoms with Gasteiger partial charge in [0.2, 0.25) is 5.91 Å². The van der Waals surface area contributed by atoms with Gasteiger partial charge < -0.3 is 20.5 Å². The van der Waals surface area contributed by atoms with E-state index in [4.69, 9.17) is 4.74 Å². The summed E-state index contributed by atoms with van der Waals surface area (Å²) in [7, 11) is 0. The highest BCUT2D eigenvalue weighted by atomic mass is 32.2. The van der Waals surface area contributed by atoms with E-state index in [9.17, 15) is 33.9 Å². The molecule has 3 aliphatic rings. The maximum absolute atomic E-state index is 13.6. The summed E-state index contributed by atoms with van der Waals surface area (Å²) in [6, 6.07) is 8.46. The van der Waals surface area contributed by atoms with Gasteiger partial charge in [0.25, 0.3) is 5.91 Å². The number of fused-ring (bicyclic) bond motifs is 1. The highest BCUT2D eigenvalue weighted by Gasteiger charge is 2.54. The summed E-state index contributed by atoms with van der Waals surface area (Å²) in [4.78, 5) is 78.6. The normalized spacial score (nSPS) is 20.4. The number of benzene rings is 1. The van der Waals surface area contributed by atoms with E-state index in [2.05, 4.69) is 10.6 Å². The van der Waals surface area contributed by atoms with Crippen molar-refractivity contribution in [1.29, 1.82) is 0 Å². The molecule has 15 heteroatoms. The van der Waals surface area contributed by atoms with Crippen LogP contribution in [0.25, 0.3) is 0 Å². The zero-order valence-corrected chi connectivity index (χ0v) is 24.4. The molecule has 1 aromatic heterocycles. The average molecular weight is 611 g/mol. The van der Waals surface area contributed by atoms with Crippen LogP contribution in [0.4, 0.5) is 9.59 Å². The van der Waals surface area contributed by atoms with Gasteiger partial charge in [0.15, 0.2) is 0 Å². The predicted octanol–water partition coefficient (Wildman–Crippen LogP) is 1.23. The van der Waals surface area contributed by atoms with Crippen molar-refractivity contribution in [2.24, 2.45) is 0 Å². The lowest BCUT2D eigenvalue weighted by Gasteiger charge is -2.49. The molecule has 2 saturated heterocycles. The molecule has 2 unspecified atom stereocenters. The summed E-state index contributed by atoms with van der Waals surface area (Å²) < 4.78 is 6.68. The van der Waals surface area contributed by atoms with Crippen LogP contribution in [0.1, 0.15) is 29.9 Å². The molecule has 6 amide bonds. The number of hydrogen-bond acceptors (Lipinski definition) is 8. The number of hydrogen-bond donors (Lipinski definition) is 3. The molecule has 0 bridgehead atoms. The minimum absolute atomic E-state index is 0.0968. The quantitative estimate of drug-likeness (QED) is 0.294.